The van der Waals surface area contributed by atoms with E-state index < -0.39 is 18.3 Å². The molecule has 0 saturated carbocycles. The highest BCUT2D eigenvalue weighted by atomic mass is 79.9. The highest BCUT2D eigenvalue weighted by Gasteiger charge is 2.20. The summed E-state index contributed by atoms with van der Waals surface area (Å²) in [5.41, 5.74) is 1.36. The van der Waals surface area contributed by atoms with Crippen LogP contribution in [0, 0.1) is 0 Å². The summed E-state index contributed by atoms with van der Waals surface area (Å²) in [5.74, 6) is 0.619. The topological polar surface area (TPSA) is 88.0 Å². The zero-order chi connectivity index (χ0) is 18.2. The lowest BCUT2D eigenvalue weighted by Gasteiger charge is -2.19. The molecular weight excluding hydrogens is 390 g/mol. The van der Waals surface area contributed by atoms with Crippen molar-refractivity contribution in [2.45, 2.75) is 18.8 Å². The summed E-state index contributed by atoms with van der Waals surface area (Å²) in [5, 5.41) is 22.7. The molecule has 7 heteroatoms. The first-order valence-electron chi connectivity index (χ1n) is 7.65. The van der Waals surface area contributed by atoms with E-state index in [2.05, 4.69) is 21.2 Å². The van der Waals surface area contributed by atoms with E-state index in [-0.39, 0.29) is 13.2 Å². The van der Waals surface area contributed by atoms with E-state index in [1.807, 2.05) is 30.3 Å². The van der Waals surface area contributed by atoms with E-state index in [1.54, 1.807) is 18.2 Å². The summed E-state index contributed by atoms with van der Waals surface area (Å²) >= 11 is 3.32. The van der Waals surface area contributed by atoms with Crippen molar-refractivity contribution < 1.29 is 24.5 Å². The zero-order valence-electron chi connectivity index (χ0n) is 13.7. The van der Waals surface area contributed by atoms with Gasteiger partial charge >= 0.3 is 6.09 Å². The maximum atomic E-state index is 11.7. The van der Waals surface area contributed by atoms with Gasteiger partial charge in [0.15, 0.2) is 0 Å². The second-order valence-corrected chi connectivity index (χ2v) is 6.20. The Bertz CT molecular complexity index is 695. The third-order valence-electron chi connectivity index (χ3n) is 3.55. The Hall–Kier alpha value is -2.09. The average Bonchev–Trinajstić information content (AvgIpc) is 2.64. The maximum Gasteiger partial charge on any atom is 0.407 e. The number of aliphatic hydroxyl groups is 2. The molecule has 0 aliphatic heterocycles. The summed E-state index contributed by atoms with van der Waals surface area (Å²) < 4.78 is 10.8. The molecule has 0 bridgehead atoms. The fraction of sp³-hybridized carbons (Fsp3) is 0.278. The van der Waals surface area contributed by atoms with Crippen LogP contribution in [0.15, 0.2) is 53.0 Å². The molecule has 0 radical (unpaired) electrons. The van der Waals surface area contributed by atoms with Gasteiger partial charge in [-0.1, -0.05) is 36.4 Å². The Labute approximate surface area is 154 Å². The number of nitrogens with one attached hydrogen (secondary N) is 1. The number of rotatable bonds is 7. The molecule has 0 spiro atoms. The van der Waals surface area contributed by atoms with E-state index >= 15 is 0 Å². The molecule has 2 atom stereocenters. The number of aliphatic hydroxyl groups excluding tert-OH is 2. The minimum Gasteiger partial charge on any atom is -0.496 e. The van der Waals surface area contributed by atoms with Crippen molar-refractivity contribution >= 4 is 22.0 Å². The SMILES string of the molecule is COc1ccc(C(O)C(O)CNC(=O)OCc2ccccc2)cc1Br. The number of carbonyl (C=O) groups is 1. The molecule has 0 aliphatic rings. The molecule has 6 nitrogen and oxygen atoms in total. The van der Waals surface area contributed by atoms with Crippen LogP contribution in [0.25, 0.3) is 0 Å². The molecule has 2 rings (SSSR count). The smallest absolute Gasteiger partial charge is 0.407 e. The number of benzene rings is 2. The number of alkyl carbamates (subject to hydrolysis) is 1. The molecular formula is C18H20BrNO5. The predicted octanol–water partition coefficient (Wildman–Crippen LogP) is 2.78. The van der Waals surface area contributed by atoms with Gasteiger partial charge in [0.1, 0.15) is 24.6 Å². The lowest BCUT2D eigenvalue weighted by Crippen LogP contribution is -2.35. The van der Waals surface area contributed by atoms with Gasteiger partial charge in [0.05, 0.1) is 11.6 Å². The number of hydrogen-bond acceptors (Lipinski definition) is 5. The summed E-state index contributed by atoms with van der Waals surface area (Å²) in [6.07, 6.45) is -2.99. The zero-order valence-corrected chi connectivity index (χ0v) is 15.3. The van der Waals surface area contributed by atoms with E-state index in [0.717, 1.165) is 5.56 Å². The van der Waals surface area contributed by atoms with E-state index in [4.69, 9.17) is 9.47 Å². The fourth-order valence-electron chi connectivity index (χ4n) is 2.16. The lowest BCUT2D eigenvalue weighted by molar-refractivity contribution is 0.0183. The summed E-state index contributed by atoms with van der Waals surface area (Å²) in [6, 6.07) is 14.2. The number of amides is 1. The molecule has 2 aromatic carbocycles. The van der Waals surface area contributed by atoms with Crippen LogP contribution in [0.4, 0.5) is 4.79 Å². The van der Waals surface area contributed by atoms with Crippen LogP contribution in [0.1, 0.15) is 17.2 Å². The van der Waals surface area contributed by atoms with Gasteiger partial charge in [-0.15, -0.1) is 0 Å². The summed E-state index contributed by atoms with van der Waals surface area (Å²) in [6.45, 7) is -0.00478. The van der Waals surface area contributed by atoms with Crippen molar-refractivity contribution in [3.8, 4) is 5.75 Å². The van der Waals surface area contributed by atoms with Crippen LogP contribution < -0.4 is 10.1 Å². The van der Waals surface area contributed by atoms with Gasteiger partial charge in [0.25, 0.3) is 0 Å². The van der Waals surface area contributed by atoms with Gasteiger partial charge in [0, 0.05) is 6.54 Å². The Morgan fingerprint density at radius 3 is 2.56 bits per heavy atom. The van der Waals surface area contributed by atoms with Gasteiger partial charge in [-0.05, 0) is 39.2 Å². The van der Waals surface area contributed by atoms with Crippen LogP contribution in [-0.4, -0.2) is 36.1 Å². The molecule has 0 fully saturated rings. The lowest BCUT2D eigenvalue weighted by atomic mass is 10.0. The number of methoxy groups -OCH3 is 1. The first kappa shape index (κ1) is 19.2. The van der Waals surface area contributed by atoms with E-state index in [9.17, 15) is 15.0 Å². The second-order valence-electron chi connectivity index (χ2n) is 5.35. The van der Waals surface area contributed by atoms with Gasteiger partial charge < -0.3 is 25.0 Å². The Morgan fingerprint density at radius 2 is 1.92 bits per heavy atom. The monoisotopic (exact) mass is 409 g/mol. The maximum absolute atomic E-state index is 11.7. The molecule has 0 aliphatic carbocycles. The fourth-order valence-corrected chi connectivity index (χ4v) is 2.72. The average molecular weight is 410 g/mol. The first-order valence-corrected chi connectivity index (χ1v) is 8.44. The third kappa shape index (κ3) is 5.74. The Morgan fingerprint density at radius 1 is 1.20 bits per heavy atom. The van der Waals surface area contributed by atoms with Crippen LogP contribution in [0.5, 0.6) is 5.75 Å². The predicted molar refractivity (Wildman–Crippen MR) is 96.3 cm³/mol. The Balaban J connectivity index is 1.81. The van der Waals surface area contributed by atoms with Gasteiger partial charge in [-0.3, -0.25) is 0 Å². The highest BCUT2D eigenvalue weighted by Crippen LogP contribution is 2.29. The van der Waals surface area contributed by atoms with Gasteiger partial charge in [-0.2, -0.15) is 0 Å². The molecule has 2 unspecified atom stereocenters. The minimum atomic E-state index is -1.18. The van der Waals surface area contributed by atoms with Crippen LogP contribution in [-0.2, 0) is 11.3 Å². The third-order valence-corrected chi connectivity index (χ3v) is 4.17. The van der Waals surface area contributed by atoms with E-state index in [0.29, 0.717) is 15.8 Å². The van der Waals surface area contributed by atoms with Gasteiger partial charge in [0.2, 0.25) is 0 Å². The molecule has 3 N–H and O–H groups in total. The van der Waals surface area contributed by atoms with Crippen molar-refractivity contribution in [3.63, 3.8) is 0 Å². The number of hydrogen-bond donors (Lipinski definition) is 3. The van der Waals surface area contributed by atoms with Gasteiger partial charge in [-0.25, -0.2) is 4.79 Å². The van der Waals surface area contributed by atoms with Crippen molar-refractivity contribution in [2.75, 3.05) is 13.7 Å². The second kappa shape index (κ2) is 9.41. The van der Waals surface area contributed by atoms with Crippen molar-refractivity contribution in [1.29, 1.82) is 0 Å². The quantitative estimate of drug-likeness (QED) is 0.654. The summed E-state index contributed by atoms with van der Waals surface area (Å²) in [4.78, 5) is 11.7. The molecule has 0 saturated heterocycles. The first-order chi connectivity index (χ1) is 12.0. The molecule has 0 heterocycles. The molecule has 134 valence electrons. The normalized spacial score (nSPS) is 13.0. The molecule has 0 aromatic heterocycles. The van der Waals surface area contributed by atoms with Crippen LogP contribution in [0.3, 0.4) is 0 Å². The Kier molecular flexibility index (Phi) is 7.24. The van der Waals surface area contributed by atoms with E-state index in [1.165, 1.54) is 7.11 Å². The minimum absolute atomic E-state index is 0.136. The standard InChI is InChI=1S/C18H20BrNO5/c1-24-16-8-7-13(9-14(16)19)17(22)15(21)10-20-18(23)25-11-12-5-3-2-4-6-12/h2-9,15,17,21-22H,10-11H2,1H3,(H,20,23). The largest absolute Gasteiger partial charge is 0.496 e. The number of halogens is 1. The van der Waals surface area contributed by atoms with Crippen molar-refractivity contribution in [3.05, 3.63) is 64.1 Å². The molecule has 25 heavy (non-hydrogen) atoms. The highest BCUT2D eigenvalue weighted by molar-refractivity contribution is 9.10. The molecule has 1 amide bonds. The van der Waals surface area contributed by atoms with Crippen LogP contribution in [0.2, 0.25) is 0 Å². The van der Waals surface area contributed by atoms with Crippen LogP contribution >= 0.6 is 15.9 Å². The molecule has 2 aromatic rings. The number of carbonyl (C=O) groups excluding carboxylic acids is 1. The summed E-state index contributed by atoms with van der Waals surface area (Å²) in [7, 11) is 1.54. The number of ether oxygens (including phenoxy) is 2. The van der Waals surface area contributed by atoms with Crippen molar-refractivity contribution in [2.24, 2.45) is 0 Å². The van der Waals surface area contributed by atoms with Crippen molar-refractivity contribution in [1.82, 2.24) is 5.32 Å².